The fourth-order valence-electron chi connectivity index (χ4n) is 1.64. The van der Waals surface area contributed by atoms with Crippen LogP contribution in [0.5, 0.6) is 0 Å². The highest BCUT2D eigenvalue weighted by Crippen LogP contribution is 2.26. The Hall–Kier alpha value is -0.220. The molecule has 0 bridgehead atoms. The predicted octanol–water partition coefficient (Wildman–Crippen LogP) is 0.606. The molecule has 18 heavy (non-hydrogen) atoms. The van der Waals surface area contributed by atoms with Crippen LogP contribution in [0.1, 0.15) is 6.42 Å². The first-order valence-electron chi connectivity index (χ1n) is 5.13. The van der Waals surface area contributed by atoms with E-state index >= 15 is 0 Å². The van der Waals surface area contributed by atoms with Crippen LogP contribution >= 0.6 is 22.9 Å². The fraction of sp³-hybridized carbons (Fsp3) is 0.625. The molecule has 10 heteroatoms. The molecule has 6 nitrogen and oxygen atoms in total. The molecule has 2 rings (SSSR count). The minimum absolute atomic E-state index is 0.0137. The lowest BCUT2D eigenvalue weighted by Gasteiger charge is -2.17. The van der Waals surface area contributed by atoms with E-state index < -0.39 is 19.9 Å². The van der Waals surface area contributed by atoms with E-state index in [1.165, 1.54) is 10.5 Å². The molecule has 1 fully saturated rings. The Kier molecular flexibility index (Phi) is 3.98. The SMILES string of the molecule is O=S1(=O)CCCN(S(=O)(=O)c2cnc(Cl)s2)CC1. The van der Waals surface area contributed by atoms with Gasteiger partial charge < -0.3 is 0 Å². The third kappa shape index (κ3) is 3.02. The molecule has 0 aliphatic carbocycles. The molecule has 0 amide bonds. The molecule has 1 aliphatic rings. The van der Waals surface area contributed by atoms with Crippen molar-refractivity contribution in [3.05, 3.63) is 10.7 Å². The third-order valence-electron chi connectivity index (χ3n) is 2.56. The Bertz CT molecular complexity index is 637. The monoisotopic (exact) mass is 330 g/mol. The van der Waals surface area contributed by atoms with Gasteiger partial charge in [0.1, 0.15) is 0 Å². The Morgan fingerprint density at radius 3 is 2.67 bits per heavy atom. The molecule has 0 saturated carbocycles. The van der Waals surface area contributed by atoms with E-state index in [4.69, 9.17) is 11.6 Å². The number of aromatic nitrogens is 1. The second-order valence-electron chi connectivity index (χ2n) is 3.84. The molecule has 1 saturated heterocycles. The maximum Gasteiger partial charge on any atom is 0.254 e. The van der Waals surface area contributed by atoms with E-state index in [2.05, 4.69) is 4.98 Å². The number of halogens is 1. The standard InChI is InChI=1S/C8H11ClN2O4S3/c9-8-10-6-7(16-8)18(14,15)11-2-1-4-17(12,13)5-3-11/h6H,1-5H2. The number of rotatable bonds is 2. The quantitative estimate of drug-likeness (QED) is 0.793. The minimum atomic E-state index is -3.67. The zero-order valence-corrected chi connectivity index (χ0v) is 12.4. The summed E-state index contributed by atoms with van der Waals surface area (Å²) in [7, 11) is -6.81. The Labute approximate surface area is 115 Å². The molecule has 0 N–H and O–H groups in total. The molecule has 0 spiro atoms. The van der Waals surface area contributed by atoms with Crippen molar-refractivity contribution in [2.75, 3.05) is 24.6 Å². The Balaban J connectivity index is 2.26. The van der Waals surface area contributed by atoms with Crippen molar-refractivity contribution in [2.45, 2.75) is 10.6 Å². The van der Waals surface area contributed by atoms with Crippen molar-refractivity contribution in [3.8, 4) is 0 Å². The van der Waals surface area contributed by atoms with Gasteiger partial charge in [-0.2, -0.15) is 4.31 Å². The van der Waals surface area contributed by atoms with Gasteiger partial charge in [0.25, 0.3) is 10.0 Å². The number of nitrogens with zero attached hydrogens (tertiary/aromatic N) is 2. The Morgan fingerprint density at radius 2 is 2.06 bits per heavy atom. The van der Waals surface area contributed by atoms with E-state index in [0.29, 0.717) is 6.42 Å². The van der Waals surface area contributed by atoms with Crippen LogP contribution in [0.2, 0.25) is 4.47 Å². The first-order valence-corrected chi connectivity index (χ1v) is 9.59. The first kappa shape index (κ1) is 14.2. The molecule has 1 aliphatic heterocycles. The summed E-state index contributed by atoms with van der Waals surface area (Å²) in [5.41, 5.74) is 0. The average Bonchev–Trinajstić information content (AvgIpc) is 2.61. The second-order valence-corrected chi connectivity index (χ2v) is 9.92. The van der Waals surface area contributed by atoms with Crippen LogP contribution < -0.4 is 0 Å². The summed E-state index contributed by atoms with van der Waals surface area (Å²) in [6.45, 7) is 0.192. The van der Waals surface area contributed by atoms with Crippen LogP contribution in [0, 0.1) is 0 Å². The molecular formula is C8H11ClN2O4S3. The number of hydrogen-bond donors (Lipinski definition) is 0. The van der Waals surface area contributed by atoms with Gasteiger partial charge in [0.05, 0.1) is 17.7 Å². The van der Waals surface area contributed by atoms with Crippen molar-refractivity contribution in [2.24, 2.45) is 0 Å². The lowest BCUT2D eigenvalue weighted by atomic mass is 10.5. The van der Waals surface area contributed by atoms with Gasteiger partial charge in [-0.15, -0.1) is 0 Å². The Morgan fingerprint density at radius 1 is 1.33 bits per heavy atom. The van der Waals surface area contributed by atoms with Crippen molar-refractivity contribution >= 4 is 42.8 Å². The second kappa shape index (κ2) is 5.04. The first-order chi connectivity index (χ1) is 8.31. The molecule has 0 atom stereocenters. The van der Waals surface area contributed by atoms with Gasteiger partial charge in [-0.3, -0.25) is 0 Å². The smallest absolute Gasteiger partial charge is 0.232 e. The summed E-state index contributed by atoms with van der Waals surface area (Å²) in [4.78, 5) is 3.69. The lowest BCUT2D eigenvalue weighted by molar-refractivity contribution is 0.436. The maximum atomic E-state index is 12.2. The van der Waals surface area contributed by atoms with Crippen LogP contribution in [-0.2, 0) is 19.9 Å². The van der Waals surface area contributed by atoms with E-state index in [0.717, 1.165) is 11.3 Å². The van der Waals surface area contributed by atoms with E-state index in [1.54, 1.807) is 0 Å². The van der Waals surface area contributed by atoms with Crippen LogP contribution in [0.15, 0.2) is 10.4 Å². The average molecular weight is 331 g/mol. The van der Waals surface area contributed by atoms with Crippen molar-refractivity contribution < 1.29 is 16.8 Å². The highest BCUT2D eigenvalue weighted by Gasteiger charge is 2.30. The lowest BCUT2D eigenvalue weighted by Crippen LogP contribution is -2.33. The zero-order valence-electron chi connectivity index (χ0n) is 9.24. The van der Waals surface area contributed by atoms with Crippen LogP contribution in [0.4, 0.5) is 0 Å². The number of hydrogen-bond acceptors (Lipinski definition) is 6. The van der Waals surface area contributed by atoms with Crippen LogP contribution in [-0.4, -0.2) is 50.7 Å². The van der Waals surface area contributed by atoms with Crippen LogP contribution in [0.3, 0.4) is 0 Å². The van der Waals surface area contributed by atoms with Crippen molar-refractivity contribution in [1.29, 1.82) is 0 Å². The number of sulfonamides is 1. The van der Waals surface area contributed by atoms with Crippen LogP contribution in [0.25, 0.3) is 0 Å². The van der Waals surface area contributed by atoms with Gasteiger partial charge in [0.15, 0.2) is 18.5 Å². The fourth-order valence-corrected chi connectivity index (χ4v) is 5.96. The van der Waals surface area contributed by atoms with E-state index in [9.17, 15) is 16.8 Å². The maximum absolute atomic E-state index is 12.2. The largest absolute Gasteiger partial charge is 0.254 e. The highest BCUT2D eigenvalue weighted by molar-refractivity contribution is 7.92. The van der Waals surface area contributed by atoms with Gasteiger partial charge in [0, 0.05) is 13.1 Å². The molecular weight excluding hydrogens is 320 g/mol. The molecule has 102 valence electrons. The summed E-state index contributed by atoms with van der Waals surface area (Å²) in [5.74, 6) is -0.110. The number of sulfone groups is 1. The topological polar surface area (TPSA) is 84.4 Å². The normalized spacial score (nSPS) is 21.6. The van der Waals surface area contributed by atoms with Gasteiger partial charge in [-0.25, -0.2) is 21.8 Å². The molecule has 0 aromatic carbocycles. The summed E-state index contributed by atoms with van der Waals surface area (Å²) in [6.07, 6.45) is 1.51. The molecule has 0 unspecified atom stereocenters. The molecule has 1 aromatic heterocycles. The van der Waals surface area contributed by atoms with Gasteiger partial charge in [0.2, 0.25) is 0 Å². The van der Waals surface area contributed by atoms with Crippen molar-refractivity contribution in [1.82, 2.24) is 9.29 Å². The predicted molar refractivity (Wildman–Crippen MR) is 69.2 cm³/mol. The summed E-state index contributed by atoms with van der Waals surface area (Å²) in [5, 5.41) is 0. The minimum Gasteiger partial charge on any atom is -0.232 e. The highest BCUT2D eigenvalue weighted by atomic mass is 35.5. The zero-order chi connectivity index (χ0) is 13.4. The molecule has 1 aromatic rings. The van der Waals surface area contributed by atoms with E-state index in [1.807, 2.05) is 0 Å². The molecule has 0 radical (unpaired) electrons. The summed E-state index contributed by atoms with van der Waals surface area (Å²) >= 11 is 6.48. The summed E-state index contributed by atoms with van der Waals surface area (Å²) < 4.78 is 48.7. The molecule has 2 heterocycles. The van der Waals surface area contributed by atoms with Gasteiger partial charge >= 0.3 is 0 Å². The van der Waals surface area contributed by atoms with Gasteiger partial charge in [-0.1, -0.05) is 22.9 Å². The summed E-state index contributed by atoms with van der Waals surface area (Å²) in [6, 6.07) is 0. The third-order valence-corrected chi connectivity index (χ3v) is 7.73. The van der Waals surface area contributed by atoms with E-state index in [-0.39, 0.29) is 33.3 Å². The van der Waals surface area contributed by atoms with Crippen molar-refractivity contribution in [3.63, 3.8) is 0 Å². The van der Waals surface area contributed by atoms with Gasteiger partial charge in [-0.05, 0) is 6.42 Å². The number of thiazole rings is 1.